The van der Waals surface area contributed by atoms with E-state index in [0.29, 0.717) is 12.5 Å². The van der Waals surface area contributed by atoms with E-state index in [4.69, 9.17) is 4.74 Å². The SMILES string of the molecule is CS(=O)(=O)Nc1ccccc1C(=O)NCc1ccnc(OCc2ccccc2)c1. The van der Waals surface area contributed by atoms with Crippen molar-refractivity contribution in [2.45, 2.75) is 13.2 Å². The summed E-state index contributed by atoms with van der Waals surface area (Å²) in [4.78, 5) is 16.7. The number of hydrogen-bond donors (Lipinski definition) is 2. The Kier molecular flexibility index (Phi) is 6.46. The van der Waals surface area contributed by atoms with Gasteiger partial charge in [0.25, 0.3) is 5.91 Å². The van der Waals surface area contributed by atoms with Crippen LogP contribution in [-0.4, -0.2) is 25.6 Å². The average Bonchev–Trinajstić information content (AvgIpc) is 2.71. The first-order valence-electron chi connectivity index (χ1n) is 8.87. The molecule has 0 aliphatic carbocycles. The molecule has 0 spiro atoms. The number of aromatic nitrogens is 1. The van der Waals surface area contributed by atoms with Crippen LogP contribution in [-0.2, 0) is 23.2 Å². The molecule has 29 heavy (non-hydrogen) atoms. The van der Waals surface area contributed by atoms with Gasteiger partial charge in [0.2, 0.25) is 15.9 Å². The van der Waals surface area contributed by atoms with Crippen LogP contribution in [0.25, 0.3) is 0 Å². The second-order valence-electron chi connectivity index (χ2n) is 6.38. The summed E-state index contributed by atoms with van der Waals surface area (Å²) < 4.78 is 31.0. The van der Waals surface area contributed by atoms with Crippen LogP contribution in [0.2, 0.25) is 0 Å². The number of ether oxygens (including phenoxy) is 1. The van der Waals surface area contributed by atoms with Crippen LogP contribution in [0.1, 0.15) is 21.5 Å². The fraction of sp³-hybridized carbons (Fsp3) is 0.143. The van der Waals surface area contributed by atoms with Crippen molar-refractivity contribution in [3.8, 4) is 5.88 Å². The summed E-state index contributed by atoms with van der Waals surface area (Å²) in [6, 6.07) is 19.7. The average molecular weight is 411 g/mol. The maximum Gasteiger partial charge on any atom is 0.253 e. The van der Waals surface area contributed by atoms with Crippen LogP contribution in [0.5, 0.6) is 5.88 Å². The molecule has 150 valence electrons. The van der Waals surface area contributed by atoms with Crippen molar-refractivity contribution in [2.24, 2.45) is 0 Å². The molecule has 0 unspecified atom stereocenters. The Morgan fingerprint density at radius 2 is 1.72 bits per heavy atom. The lowest BCUT2D eigenvalue weighted by molar-refractivity contribution is 0.0951. The van der Waals surface area contributed by atoms with Gasteiger partial charge < -0.3 is 10.1 Å². The molecule has 0 aliphatic rings. The molecule has 8 heteroatoms. The van der Waals surface area contributed by atoms with E-state index in [1.165, 1.54) is 6.07 Å². The predicted molar refractivity (Wildman–Crippen MR) is 111 cm³/mol. The van der Waals surface area contributed by atoms with Gasteiger partial charge in [-0.2, -0.15) is 0 Å². The summed E-state index contributed by atoms with van der Waals surface area (Å²) in [5.41, 5.74) is 2.31. The lowest BCUT2D eigenvalue weighted by atomic mass is 10.1. The van der Waals surface area contributed by atoms with Crippen LogP contribution < -0.4 is 14.8 Å². The van der Waals surface area contributed by atoms with E-state index < -0.39 is 10.0 Å². The van der Waals surface area contributed by atoms with Crippen molar-refractivity contribution < 1.29 is 17.9 Å². The number of pyridine rings is 1. The standard InChI is InChI=1S/C21H21N3O4S/c1-29(26,27)24-19-10-6-5-9-18(19)21(25)23-14-17-11-12-22-20(13-17)28-15-16-7-3-2-4-8-16/h2-13,24H,14-15H2,1H3,(H,23,25). The second-order valence-corrected chi connectivity index (χ2v) is 8.13. The molecule has 0 saturated heterocycles. The molecule has 0 atom stereocenters. The van der Waals surface area contributed by atoms with E-state index >= 15 is 0 Å². The van der Waals surface area contributed by atoms with Gasteiger partial charge in [-0.05, 0) is 29.3 Å². The van der Waals surface area contributed by atoms with Gasteiger partial charge >= 0.3 is 0 Å². The highest BCUT2D eigenvalue weighted by atomic mass is 32.2. The number of sulfonamides is 1. The Hall–Kier alpha value is -3.39. The van der Waals surface area contributed by atoms with E-state index in [1.807, 2.05) is 30.3 Å². The molecule has 0 aliphatic heterocycles. The third-order valence-corrected chi connectivity index (χ3v) is 4.54. The Bertz CT molecular complexity index is 1090. The number of hydrogen-bond acceptors (Lipinski definition) is 5. The van der Waals surface area contributed by atoms with E-state index in [9.17, 15) is 13.2 Å². The summed E-state index contributed by atoms with van der Waals surface area (Å²) in [5, 5.41) is 2.79. The van der Waals surface area contributed by atoms with E-state index in [-0.39, 0.29) is 23.7 Å². The normalized spacial score (nSPS) is 10.9. The number of rotatable bonds is 8. The van der Waals surface area contributed by atoms with Crippen LogP contribution in [0.15, 0.2) is 72.9 Å². The molecule has 2 aromatic carbocycles. The number of carbonyl (C=O) groups excluding carboxylic acids is 1. The zero-order chi connectivity index (χ0) is 20.7. The van der Waals surface area contributed by atoms with Crippen molar-refractivity contribution in [3.05, 3.63) is 89.6 Å². The van der Waals surface area contributed by atoms with Crippen LogP contribution >= 0.6 is 0 Å². The smallest absolute Gasteiger partial charge is 0.253 e. The van der Waals surface area contributed by atoms with E-state index in [2.05, 4.69) is 15.0 Å². The minimum Gasteiger partial charge on any atom is -0.473 e. The highest BCUT2D eigenvalue weighted by Gasteiger charge is 2.13. The molecule has 1 aromatic heterocycles. The molecule has 3 aromatic rings. The summed E-state index contributed by atoms with van der Waals surface area (Å²) in [6.45, 7) is 0.643. The number of nitrogens with zero attached hydrogens (tertiary/aromatic N) is 1. The number of benzene rings is 2. The highest BCUT2D eigenvalue weighted by Crippen LogP contribution is 2.17. The summed E-state index contributed by atoms with van der Waals surface area (Å²) in [6.07, 6.45) is 2.65. The van der Waals surface area contributed by atoms with Crippen LogP contribution in [0.3, 0.4) is 0 Å². The second kappa shape index (κ2) is 9.20. The Morgan fingerprint density at radius 3 is 2.48 bits per heavy atom. The topological polar surface area (TPSA) is 97.4 Å². The minimum absolute atomic E-state index is 0.231. The van der Waals surface area contributed by atoms with Gasteiger partial charge in [0, 0.05) is 18.8 Å². The summed E-state index contributed by atoms with van der Waals surface area (Å²) in [5.74, 6) is 0.0695. The number of anilines is 1. The first-order chi connectivity index (χ1) is 13.9. The van der Waals surface area contributed by atoms with Crippen LogP contribution in [0, 0.1) is 0 Å². The quantitative estimate of drug-likeness (QED) is 0.594. The first kappa shape index (κ1) is 20.3. The van der Waals surface area contributed by atoms with Gasteiger partial charge in [0.05, 0.1) is 17.5 Å². The minimum atomic E-state index is -3.49. The summed E-state index contributed by atoms with van der Waals surface area (Å²) >= 11 is 0. The number of para-hydroxylation sites is 1. The molecule has 0 bridgehead atoms. The van der Waals surface area contributed by atoms with Gasteiger partial charge in [0.15, 0.2) is 0 Å². The molecule has 2 N–H and O–H groups in total. The maximum atomic E-state index is 12.5. The number of amides is 1. The molecule has 1 amide bonds. The Labute approximate surface area is 169 Å². The largest absolute Gasteiger partial charge is 0.473 e. The lowest BCUT2D eigenvalue weighted by Crippen LogP contribution is -2.24. The molecular weight excluding hydrogens is 390 g/mol. The molecule has 0 radical (unpaired) electrons. The highest BCUT2D eigenvalue weighted by molar-refractivity contribution is 7.92. The summed E-state index contributed by atoms with van der Waals surface area (Å²) in [7, 11) is -3.49. The number of carbonyl (C=O) groups is 1. The molecular formula is C21H21N3O4S. The van der Waals surface area contributed by atoms with Gasteiger partial charge in [-0.25, -0.2) is 13.4 Å². The van der Waals surface area contributed by atoms with Crippen molar-refractivity contribution >= 4 is 21.6 Å². The monoisotopic (exact) mass is 411 g/mol. The van der Waals surface area contributed by atoms with Gasteiger partial charge in [0.1, 0.15) is 6.61 Å². The van der Waals surface area contributed by atoms with E-state index in [0.717, 1.165) is 17.4 Å². The fourth-order valence-corrected chi connectivity index (χ4v) is 3.20. The third kappa shape index (κ3) is 6.32. The van der Waals surface area contributed by atoms with Crippen molar-refractivity contribution in [1.29, 1.82) is 0 Å². The molecule has 7 nitrogen and oxygen atoms in total. The van der Waals surface area contributed by atoms with Crippen molar-refractivity contribution in [1.82, 2.24) is 10.3 Å². The van der Waals surface area contributed by atoms with Gasteiger partial charge in [-0.15, -0.1) is 0 Å². The number of nitrogens with one attached hydrogen (secondary N) is 2. The van der Waals surface area contributed by atoms with Crippen molar-refractivity contribution in [2.75, 3.05) is 11.0 Å². The molecule has 0 saturated carbocycles. The maximum absolute atomic E-state index is 12.5. The Morgan fingerprint density at radius 1 is 1.00 bits per heavy atom. The molecule has 1 heterocycles. The predicted octanol–water partition coefficient (Wildman–Crippen LogP) is 2.96. The third-order valence-electron chi connectivity index (χ3n) is 3.95. The van der Waals surface area contributed by atoms with Gasteiger partial charge in [-0.3, -0.25) is 9.52 Å². The van der Waals surface area contributed by atoms with Crippen LogP contribution in [0.4, 0.5) is 5.69 Å². The fourth-order valence-electron chi connectivity index (χ4n) is 2.62. The molecule has 3 rings (SSSR count). The zero-order valence-electron chi connectivity index (χ0n) is 15.8. The Balaban J connectivity index is 1.62. The van der Waals surface area contributed by atoms with E-state index in [1.54, 1.807) is 36.5 Å². The zero-order valence-corrected chi connectivity index (χ0v) is 16.6. The first-order valence-corrected chi connectivity index (χ1v) is 10.8. The van der Waals surface area contributed by atoms with Crippen molar-refractivity contribution in [3.63, 3.8) is 0 Å². The van der Waals surface area contributed by atoms with Gasteiger partial charge in [-0.1, -0.05) is 42.5 Å². The molecule has 0 fully saturated rings. The lowest BCUT2D eigenvalue weighted by Gasteiger charge is -2.11.